The molecule has 0 bridgehead atoms. The van der Waals surface area contributed by atoms with Gasteiger partial charge in [-0.2, -0.15) is 0 Å². The van der Waals surface area contributed by atoms with Crippen LogP contribution in [0.4, 0.5) is 0 Å². The van der Waals surface area contributed by atoms with Crippen molar-refractivity contribution in [3.05, 3.63) is 200 Å². The maximum atomic E-state index is 5.02. The van der Waals surface area contributed by atoms with Crippen molar-refractivity contribution in [3.8, 4) is 78.1 Å². The molecule has 0 spiro atoms. The number of fused-ring (bicyclic) bond motifs is 3. The average Bonchev–Trinajstić information content (AvgIpc) is 3.66. The van der Waals surface area contributed by atoms with Crippen LogP contribution in [-0.4, -0.2) is 29.9 Å². The molecule has 8 aromatic carbocycles. The van der Waals surface area contributed by atoms with Crippen molar-refractivity contribution in [1.82, 2.24) is 15.4 Å². The second kappa shape index (κ2) is 14.3. The summed E-state index contributed by atoms with van der Waals surface area (Å²) in [6, 6.07) is 71.4. The molecule has 0 amide bonds. The molecule has 3 nitrogen and oxygen atoms in total. The molecule has 10 rings (SSSR count). The predicted molar refractivity (Wildman–Crippen MR) is 230 cm³/mol. The molecule has 0 aliphatic heterocycles. The number of benzene rings is 8. The first-order valence-corrected chi connectivity index (χ1v) is 20.2. The van der Waals surface area contributed by atoms with Crippen molar-refractivity contribution in [2.24, 2.45) is 0 Å². The van der Waals surface area contributed by atoms with Crippen LogP contribution >= 0.6 is 0 Å². The minimum atomic E-state index is 0.178. The van der Waals surface area contributed by atoms with Crippen LogP contribution in [0.15, 0.2) is 200 Å². The Morgan fingerprint density at radius 3 is 1.42 bits per heavy atom. The Kier molecular flexibility index (Phi) is 8.53. The Morgan fingerprint density at radius 1 is 0.291 bits per heavy atom. The summed E-state index contributed by atoms with van der Waals surface area (Å²) < 4.78 is 2.79. The molecule has 0 aliphatic rings. The summed E-state index contributed by atoms with van der Waals surface area (Å²) in [5, 5.41) is 17.1. The van der Waals surface area contributed by atoms with E-state index in [1.807, 2.05) is 0 Å². The van der Waals surface area contributed by atoms with Crippen LogP contribution in [0, 0.1) is 0 Å². The van der Waals surface area contributed by atoms with Gasteiger partial charge in [0.05, 0.1) is 0 Å². The van der Waals surface area contributed by atoms with E-state index in [0.29, 0.717) is 0 Å². The van der Waals surface area contributed by atoms with Gasteiger partial charge in [-0.25, -0.2) is 0 Å². The fourth-order valence-corrected chi connectivity index (χ4v) is 10.3. The molecule has 0 saturated heterocycles. The Morgan fingerprint density at radius 2 is 0.764 bits per heavy atom. The van der Waals surface area contributed by atoms with Gasteiger partial charge in [-0.3, -0.25) is 0 Å². The van der Waals surface area contributed by atoms with E-state index in [4.69, 9.17) is 10.2 Å². The van der Waals surface area contributed by atoms with Crippen LogP contribution in [0.25, 0.3) is 97.4 Å². The third-order valence-corrected chi connectivity index (χ3v) is 12.8. The van der Waals surface area contributed by atoms with Crippen molar-refractivity contribution in [3.63, 3.8) is 0 Å². The second-order valence-corrected chi connectivity index (χ2v) is 15.8. The normalized spacial score (nSPS) is 11.3. The third kappa shape index (κ3) is 5.89. The second-order valence-electron chi connectivity index (χ2n) is 13.6. The van der Waals surface area contributed by atoms with E-state index in [1.165, 1.54) is 36.0 Å². The van der Waals surface area contributed by atoms with Crippen LogP contribution in [0.5, 0.6) is 0 Å². The van der Waals surface area contributed by atoms with Gasteiger partial charge in [0, 0.05) is 0 Å². The summed E-state index contributed by atoms with van der Waals surface area (Å²) in [7, 11) is 0. The standard InChI is InChI=1S/C51H33N3Se/c1-5-18-34(19-6-1)38-26-13-14-27-41(38)50-46(37-24-11-4-12-25-37)51(53-54-52-50)43-30-17-29-39(35-20-7-2-8-21-35)47(43)49-40(36-22-9-3-10-23-36)32-33-45-48(49)42-28-15-16-31-44(42)55-45/h1-33H. The molecule has 0 aliphatic carbocycles. The van der Waals surface area contributed by atoms with Crippen molar-refractivity contribution >= 4 is 33.8 Å². The fourth-order valence-electron chi connectivity index (χ4n) is 7.95. The molecule has 0 unspecified atom stereocenters. The van der Waals surface area contributed by atoms with Gasteiger partial charge in [0.1, 0.15) is 0 Å². The molecule has 0 atom stereocenters. The molecule has 4 heteroatoms. The molecule has 2 heterocycles. The Bertz CT molecular complexity index is 2960. The zero-order chi connectivity index (χ0) is 36.6. The van der Waals surface area contributed by atoms with Crippen LogP contribution in [0.3, 0.4) is 0 Å². The molecule has 0 saturated carbocycles. The van der Waals surface area contributed by atoms with E-state index in [9.17, 15) is 0 Å². The fraction of sp³-hybridized carbons (Fsp3) is 0. The summed E-state index contributed by atoms with van der Waals surface area (Å²) in [6.07, 6.45) is 0. The SMILES string of the molecule is c1ccc(-c2ccccc2-c2nnnc(-c3cccc(-c4ccccc4)c3-c3c(-c4ccccc4)ccc4[se]c5ccccc5c34)c2-c2ccccc2)cc1. The number of hydrogen-bond acceptors (Lipinski definition) is 3. The molecule has 2 aromatic heterocycles. The number of hydrogen-bond donors (Lipinski definition) is 0. The Hall–Kier alpha value is -6.71. The molecular formula is C51H33N3Se. The Labute approximate surface area is 326 Å². The summed E-state index contributed by atoms with van der Waals surface area (Å²) in [6.45, 7) is 0. The van der Waals surface area contributed by atoms with Crippen LogP contribution in [0.2, 0.25) is 0 Å². The molecule has 258 valence electrons. The first-order chi connectivity index (χ1) is 27.3. The van der Waals surface area contributed by atoms with Crippen molar-refractivity contribution in [1.29, 1.82) is 0 Å². The quantitative estimate of drug-likeness (QED) is 0.152. The zero-order valence-corrected chi connectivity index (χ0v) is 31.5. The van der Waals surface area contributed by atoms with Crippen molar-refractivity contribution < 1.29 is 0 Å². The maximum absolute atomic E-state index is 5.02. The minimum absolute atomic E-state index is 0.178. The summed E-state index contributed by atoms with van der Waals surface area (Å²) in [4.78, 5) is 0. The van der Waals surface area contributed by atoms with Crippen molar-refractivity contribution in [2.45, 2.75) is 0 Å². The van der Waals surface area contributed by atoms with E-state index in [0.717, 1.165) is 61.5 Å². The first-order valence-electron chi connectivity index (χ1n) is 18.5. The van der Waals surface area contributed by atoms with E-state index in [2.05, 4.69) is 205 Å². The van der Waals surface area contributed by atoms with Gasteiger partial charge in [-0.1, -0.05) is 18.2 Å². The minimum Gasteiger partial charge on any atom is -0.0617 e. The molecule has 0 fully saturated rings. The molecular weight excluding hydrogens is 734 g/mol. The molecule has 55 heavy (non-hydrogen) atoms. The van der Waals surface area contributed by atoms with E-state index < -0.39 is 0 Å². The summed E-state index contributed by atoms with van der Waals surface area (Å²) >= 11 is 0.178. The predicted octanol–water partition coefficient (Wildman–Crippen LogP) is 12.9. The topological polar surface area (TPSA) is 38.7 Å². The number of aromatic nitrogens is 3. The summed E-state index contributed by atoms with van der Waals surface area (Å²) in [5.41, 5.74) is 14.8. The van der Waals surface area contributed by atoms with Gasteiger partial charge < -0.3 is 0 Å². The third-order valence-electron chi connectivity index (χ3n) is 10.4. The monoisotopic (exact) mass is 767 g/mol. The van der Waals surface area contributed by atoms with Crippen LogP contribution in [-0.2, 0) is 0 Å². The van der Waals surface area contributed by atoms with Crippen LogP contribution in [0.1, 0.15) is 0 Å². The van der Waals surface area contributed by atoms with Gasteiger partial charge >= 0.3 is 309 Å². The van der Waals surface area contributed by atoms with Gasteiger partial charge in [0.15, 0.2) is 0 Å². The van der Waals surface area contributed by atoms with Gasteiger partial charge in [0.2, 0.25) is 0 Å². The first kappa shape index (κ1) is 32.9. The number of rotatable bonds is 7. The Balaban J connectivity index is 1.37. The van der Waals surface area contributed by atoms with Gasteiger partial charge in [0.25, 0.3) is 0 Å². The van der Waals surface area contributed by atoms with E-state index in [1.54, 1.807) is 0 Å². The summed E-state index contributed by atoms with van der Waals surface area (Å²) in [5.74, 6) is 0. The van der Waals surface area contributed by atoms with Crippen molar-refractivity contribution in [2.75, 3.05) is 0 Å². The molecule has 0 radical (unpaired) electrons. The van der Waals surface area contributed by atoms with Crippen LogP contribution < -0.4 is 0 Å². The zero-order valence-electron chi connectivity index (χ0n) is 29.8. The van der Waals surface area contributed by atoms with E-state index in [-0.39, 0.29) is 14.5 Å². The average molecular weight is 767 g/mol. The van der Waals surface area contributed by atoms with E-state index >= 15 is 0 Å². The molecule has 0 N–H and O–H groups in total. The van der Waals surface area contributed by atoms with Gasteiger partial charge in [-0.05, 0) is 0 Å². The molecule has 10 aromatic rings. The van der Waals surface area contributed by atoms with Gasteiger partial charge in [-0.15, -0.1) is 0 Å². The smallest absolute Gasteiger partial charge is 0.0617 e. The number of nitrogens with zero attached hydrogens (tertiary/aromatic N) is 3.